The standard InChI is InChI=1S/C12H24O5/c1-5-15-7-9-12(14-4)10(13)11(16-6-2)8(3)17-9/h8-13H,5-7H2,1-4H3/t8-,9?,10?,11?,12+/m0/s1. The summed E-state index contributed by atoms with van der Waals surface area (Å²) in [4.78, 5) is 0. The fourth-order valence-electron chi connectivity index (χ4n) is 2.20. The van der Waals surface area contributed by atoms with Gasteiger partial charge < -0.3 is 24.1 Å². The first-order valence-corrected chi connectivity index (χ1v) is 6.21. The van der Waals surface area contributed by atoms with Crippen LogP contribution in [0.2, 0.25) is 0 Å². The molecule has 0 aromatic heterocycles. The van der Waals surface area contributed by atoms with E-state index < -0.39 is 12.2 Å². The van der Waals surface area contributed by atoms with Crippen molar-refractivity contribution >= 4 is 0 Å². The number of hydrogen-bond acceptors (Lipinski definition) is 5. The van der Waals surface area contributed by atoms with E-state index >= 15 is 0 Å². The Morgan fingerprint density at radius 2 is 1.88 bits per heavy atom. The molecule has 102 valence electrons. The van der Waals surface area contributed by atoms with Gasteiger partial charge in [-0.2, -0.15) is 0 Å². The fraction of sp³-hybridized carbons (Fsp3) is 1.00. The lowest BCUT2D eigenvalue weighted by molar-refractivity contribution is -0.244. The molecule has 17 heavy (non-hydrogen) atoms. The molecule has 1 saturated heterocycles. The van der Waals surface area contributed by atoms with Gasteiger partial charge in [0.05, 0.1) is 12.7 Å². The molecule has 1 heterocycles. The summed E-state index contributed by atoms with van der Waals surface area (Å²) in [6, 6.07) is 0. The molecule has 0 amide bonds. The molecule has 5 atom stereocenters. The van der Waals surface area contributed by atoms with Gasteiger partial charge in [-0.1, -0.05) is 0 Å². The van der Waals surface area contributed by atoms with Gasteiger partial charge in [0, 0.05) is 20.3 Å². The second-order valence-corrected chi connectivity index (χ2v) is 4.15. The maximum atomic E-state index is 10.2. The number of ether oxygens (including phenoxy) is 4. The quantitative estimate of drug-likeness (QED) is 0.745. The van der Waals surface area contributed by atoms with E-state index in [0.717, 1.165) is 0 Å². The zero-order chi connectivity index (χ0) is 12.8. The number of aliphatic hydroxyl groups excluding tert-OH is 1. The molecule has 0 aromatic rings. The van der Waals surface area contributed by atoms with Crippen LogP contribution >= 0.6 is 0 Å². The van der Waals surface area contributed by atoms with E-state index in [2.05, 4.69) is 0 Å². The third kappa shape index (κ3) is 3.63. The summed E-state index contributed by atoms with van der Waals surface area (Å²) in [7, 11) is 1.56. The van der Waals surface area contributed by atoms with Gasteiger partial charge in [-0.05, 0) is 20.8 Å². The highest BCUT2D eigenvalue weighted by Gasteiger charge is 2.44. The van der Waals surface area contributed by atoms with Crippen LogP contribution in [-0.4, -0.2) is 62.6 Å². The Bertz CT molecular complexity index is 209. The summed E-state index contributed by atoms with van der Waals surface area (Å²) in [6.07, 6.45) is -1.85. The Morgan fingerprint density at radius 1 is 1.18 bits per heavy atom. The van der Waals surface area contributed by atoms with Gasteiger partial charge in [-0.15, -0.1) is 0 Å². The lowest BCUT2D eigenvalue weighted by atomic mass is 9.95. The summed E-state index contributed by atoms with van der Waals surface area (Å²) in [6.45, 7) is 7.31. The van der Waals surface area contributed by atoms with E-state index in [1.54, 1.807) is 7.11 Å². The monoisotopic (exact) mass is 248 g/mol. The van der Waals surface area contributed by atoms with Crippen molar-refractivity contribution in [3.63, 3.8) is 0 Å². The van der Waals surface area contributed by atoms with E-state index in [1.165, 1.54) is 0 Å². The lowest BCUT2D eigenvalue weighted by Gasteiger charge is -2.42. The molecule has 0 aliphatic carbocycles. The van der Waals surface area contributed by atoms with Gasteiger partial charge in [-0.3, -0.25) is 0 Å². The molecular formula is C12H24O5. The van der Waals surface area contributed by atoms with Crippen molar-refractivity contribution in [3.8, 4) is 0 Å². The molecule has 3 unspecified atom stereocenters. The van der Waals surface area contributed by atoms with Crippen molar-refractivity contribution in [1.82, 2.24) is 0 Å². The fourth-order valence-corrected chi connectivity index (χ4v) is 2.20. The second-order valence-electron chi connectivity index (χ2n) is 4.15. The van der Waals surface area contributed by atoms with Gasteiger partial charge in [0.25, 0.3) is 0 Å². The van der Waals surface area contributed by atoms with E-state index in [4.69, 9.17) is 18.9 Å². The molecular weight excluding hydrogens is 224 g/mol. The molecule has 5 nitrogen and oxygen atoms in total. The Balaban J connectivity index is 2.65. The topological polar surface area (TPSA) is 57.2 Å². The summed E-state index contributed by atoms with van der Waals surface area (Å²) >= 11 is 0. The maximum Gasteiger partial charge on any atom is 0.114 e. The molecule has 1 fully saturated rings. The largest absolute Gasteiger partial charge is 0.387 e. The molecule has 0 saturated carbocycles. The van der Waals surface area contributed by atoms with Crippen LogP contribution in [0.1, 0.15) is 20.8 Å². The summed E-state index contributed by atoms with van der Waals surface area (Å²) in [5.74, 6) is 0. The summed E-state index contributed by atoms with van der Waals surface area (Å²) in [5, 5.41) is 10.2. The predicted octanol–water partition coefficient (Wildman–Crippen LogP) is 0.591. The van der Waals surface area contributed by atoms with Gasteiger partial charge in [0.1, 0.15) is 24.4 Å². The minimum Gasteiger partial charge on any atom is -0.387 e. The molecule has 1 aliphatic rings. The second kappa shape index (κ2) is 7.28. The minimum absolute atomic E-state index is 0.165. The van der Waals surface area contributed by atoms with Crippen molar-refractivity contribution in [3.05, 3.63) is 0 Å². The van der Waals surface area contributed by atoms with Gasteiger partial charge >= 0.3 is 0 Å². The first kappa shape index (κ1) is 14.9. The molecule has 1 N–H and O–H groups in total. The summed E-state index contributed by atoms with van der Waals surface area (Å²) < 4.78 is 21.9. The van der Waals surface area contributed by atoms with Crippen LogP contribution in [0.4, 0.5) is 0 Å². The van der Waals surface area contributed by atoms with Crippen molar-refractivity contribution in [2.75, 3.05) is 26.9 Å². The number of methoxy groups -OCH3 is 1. The number of hydrogen-bond donors (Lipinski definition) is 1. The predicted molar refractivity (Wildman–Crippen MR) is 63.0 cm³/mol. The molecule has 0 aromatic carbocycles. The van der Waals surface area contributed by atoms with Crippen LogP contribution < -0.4 is 0 Å². The Hall–Kier alpha value is -0.200. The van der Waals surface area contributed by atoms with Crippen LogP contribution in [0.25, 0.3) is 0 Å². The highest BCUT2D eigenvalue weighted by Crippen LogP contribution is 2.25. The third-order valence-corrected chi connectivity index (χ3v) is 3.01. The highest BCUT2D eigenvalue weighted by molar-refractivity contribution is 4.92. The zero-order valence-corrected chi connectivity index (χ0v) is 11.1. The average Bonchev–Trinajstić information content (AvgIpc) is 2.31. The highest BCUT2D eigenvalue weighted by atomic mass is 16.6. The molecule has 0 spiro atoms. The molecule has 1 aliphatic heterocycles. The Labute approximate surface area is 103 Å². The molecule has 0 bridgehead atoms. The van der Waals surface area contributed by atoms with E-state index in [0.29, 0.717) is 19.8 Å². The lowest BCUT2D eigenvalue weighted by Crippen LogP contribution is -2.59. The Morgan fingerprint density at radius 3 is 2.41 bits per heavy atom. The summed E-state index contributed by atoms with van der Waals surface area (Å²) in [5.41, 5.74) is 0. The molecule has 0 radical (unpaired) electrons. The smallest absolute Gasteiger partial charge is 0.114 e. The van der Waals surface area contributed by atoms with E-state index in [1.807, 2.05) is 20.8 Å². The van der Waals surface area contributed by atoms with Crippen LogP contribution in [0.15, 0.2) is 0 Å². The van der Waals surface area contributed by atoms with Gasteiger partial charge in [0.2, 0.25) is 0 Å². The normalized spacial score (nSPS) is 38.3. The third-order valence-electron chi connectivity index (χ3n) is 3.01. The van der Waals surface area contributed by atoms with Crippen molar-refractivity contribution in [2.45, 2.75) is 51.3 Å². The number of rotatable bonds is 6. The number of aliphatic hydroxyl groups is 1. The van der Waals surface area contributed by atoms with Crippen molar-refractivity contribution in [2.24, 2.45) is 0 Å². The maximum absolute atomic E-state index is 10.2. The SMILES string of the molecule is CCOCC1O[C@@H](C)C(OCC)C(O)[C@@H]1OC. The molecule has 1 rings (SSSR count). The van der Waals surface area contributed by atoms with Gasteiger partial charge in [0.15, 0.2) is 0 Å². The van der Waals surface area contributed by atoms with Crippen LogP contribution in [-0.2, 0) is 18.9 Å². The Kier molecular flexibility index (Phi) is 6.37. The van der Waals surface area contributed by atoms with E-state index in [9.17, 15) is 5.11 Å². The van der Waals surface area contributed by atoms with Crippen molar-refractivity contribution in [1.29, 1.82) is 0 Å². The van der Waals surface area contributed by atoms with Crippen molar-refractivity contribution < 1.29 is 24.1 Å². The first-order valence-electron chi connectivity index (χ1n) is 6.21. The average molecular weight is 248 g/mol. The molecule has 5 heteroatoms. The first-order chi connectivity index (χ1) is 8.15. The minimum atomic E-state index is -0.686. The zero-order valence-electron chi connectivity index (χ0n) is 11.1. The van der Waals surface area contributed by atoms with Gasteiger partial charge in [-0.25, -0.2) is 0 Å². The van der Waals surface area contributed by atoms with Crippen LogP contribution in [0.3, 0.4) is 0 Å². The van der Waals surface area contributed by atoms with Crippen LogP contribution in [0, 0.1) is 0 Å². The van der Waals surface area contributed by atoms with Crippen LogP contribution in [0.5, 0.6) is 0 Å². The van der Waals surface area contributed by atoms with E-state index in [-0.39, 0.29) is 18.3 Å².